The number of carbonyl (C=O) groups is 1. The van der Waals surface area contributed by atoms with Gasteiger partial charge in [-0.05, 0) is 41.8 Å². The molecular weight excluding hydrogens is 443 g/mol. The molecule has 0 aliphatic carbocycles. The zero-order chi connectivity index (χ0) is 22.5. The lowest BCUT2D eigenvalue weighted by atomic mass is 10.0. The van der Waals surface area contributed by atoms with E-state index in [1.54, 1.807) is 0 Å². The SMILES string of the molecule is CC(C)C(CN1CCN(Cc2ccc(Cl)c(Cl)c2)CC1)NC(=O)c1ccc(F)c(F)c1. The van der Waals surface area contributed by atoms with Crippen LogP contribution in [0.5, 0.6) is 0 Å². The molecule has 0 saturated carbocycles. The summed E-state index contributed by atoms with van der Waals surface area (Å²) in [7, 11) is 0. The van der Waals surface area contributed by atoms with E-state index in [9.17, 15) is 13.6 Å². The highest BCUT2D eigenvalue weighted by Gasteiger charge is 2.24. The van der Waals surface area contributed by atoms with Gasteiger partial charge in [0.15, 0.2) is 11.6 Å². The van der Waals surface area contributed by atoms with Crippen molar-refractivity contribution in [2.24, 2.45) is 5.92 Å². The van der Waals surface area contributed by atoms with Gasteiger partial charge in [-0.15, -0.1) is 0 Å². The maximum absolute atomic E-state index is 13.5. The monoisotopic (exact) mass is 469 g/mol. The summed E-state index contributed by atoms with van der Waals surface area (Å²) in [6.45, 7) is 9.16. The van der Waals surface area contributed by atoms with Crippen molar-refractivity contribution < 1.29 is 13.6 Å². The standard InChI is InChI=1S/C23H27Cl2F2N3O/c1-15(2)22(28-23(31)17-4-6-20(26)21(27)12-17)14-30-9-7-29(8-10-30)13-16-3-5-18(24)19(25)11-16/h3-6,11-12,15,22H,7-10,13-14H2,1-2H3,(H,28,31). The van der Waals surface area contributed by atoms with Gasteiger partial charge in [-0.2, -0.15) is 0 Å². The average molecular weight is 470 g/mol. The van der Waals surface area contributed by atoms with Gasteiger partial charge in [0.25, 0.3) is 5.91 Å². The number of piperazine rings is 1. The lowest BCUT2D eigenvalue weighted by Gasteiger charge is -2.37. The molecular formula is C23H27Cl2F2N3O. The van der Waals surface area contributed by atoms with Crippen molar-refractivity contribution in [3.63, 3.8) is 0 Å². The maximum Gasteiger partial charge on any atom is 0.251 e. The molecule has 0 radical (unpaired) electrons. The lowest BCUT2D eigenvalue weighted by molar-refractivity contribution is 0.0861. The summed E-state index contributed by atoms with van der Waals surface area (Å²) in [5, 5.41) is 4.10. The van der Waals surface area contributed by atoms with Crippen LogP contribution in [0.1, 0.15) is 29.8 Å². The van der Waals surface area contributed by atoms with Gasteiger partial charge >= 0.3 is 0 Å². The van der Waals surface area contributed by atoms with Gasteiger partial charge in [0, 0.05) is 50.9 Å². The summed E-state index contributed by atoms with van der Waals surface area (Å²) in [5.74, 6) is -2.18. The number of nitrogens with zero attached hydrogens (tertiary/aromatic N) is 2. The van der Waals surface area contributed by atoms with Crippen molar-refractivity contribution in [3.05, 3.63) is 69.2 Å². The fraction of sp³-hybridized carbons (Fsp3) is 0.435. The van der Waals surface area contributed by atoms with E-state index < -0.39 is 17.5 Å². The van der Waals surface area contributed by atoms with Crippen LogP contribution in [0.4, 0.5) is 8.78 Å². The quantitative estimate of drug-likeness (QED) is 0.629. The van der Waals surface area contributed by atoms with Crippen LogP contribution in [0.15, 0.2) is 36.4 Å². The summed E-state index contributed by atoms with van der Waals surface area (Å²) >= 11 is 12.1. The second kappa shape index (κ2) is 10.7. The minimum absolute atomic E-state index is 0.0952. The molecule has 2 aromatic rings. The van der Waals surface area contributed by atoms with Gasteiger partial charge < -0.3 is 5.32 Å². The van der Waals surface area contributed by atoms with E-state index in [1.165, 1.54) is 6.07 Å². The van der Waals surface area contributed by atoms with Gasteiger partial charge in [0.1, 0.15) is 0 Å². The lowest BCUT2D eigenvalue weighted by Crippen LogP contribution is -2.52. The van der Waals surface area contributed by atoms with Gasteiger partial charge in [0.2, 0.25) is 0 Å². The first kappa shape index (κ1) is 23.9. The third kappa shape index (κ3) is 6.62. The smallest absolute Gasteiger partial charge is 0.251 e. The molecule has 1 unspecified atom stereocenters. The fourth-order valence-electron chi connectivity index (χ4n) is 3.62. The molecule has 0 aromatic heterocycles. The Balaban J connectivity index is 1.52. The van der Waals surface area contributed by atoms with Gasteiger partial charge in [-0.25, -0.2) is 8.78 Å². The zero-order valence-corrected chi connectivity index (χ0v) is 19.2. The number of carbonyl (C=O) groups excluding carboxylic acids is 1. The Labute approximate surface area is 192 Å². The molecule has 1 atom stereocenters. The number of amides is 1. The number of benzene rings is 2. The van der Waals surface area contributed by atoms with Crippen molar-refractivity contribution in [2.45, 2.75) is 26.4 Å². The van der Waals surface area contributed by atoms with E-state index in [4.69, 9.17) is 23.2 Å². The van der Waals surface area contributed by atoms with E-state index in [2.05, 4.69) is 15.1 Å². The highest BCUT2D eigenvalue weighted by atomic mass is 35.5. The van der Waals surface area contributed by atoms with E-state index in [1.807, 2.05) is 32.0 Å². The number of hydrogen-bond acceptors (Lipinski definition) is 3. The number of halogens is 4. The maximum atomic E-state index is 13.5. The molecule has 1 saturated heterocycles. The van der Waals surface area contributed by atoms with Gasteiger partial charge in [-0.3, -0.25) is 14.6 Å². The molecule has 0 bridgehead atoms. The fourth-order valence-corrected chi connectivity index (χ4v) is 3.94. The summed E-state index contributed by atoms with van der Waals surface area (Å²) in [6, 6.07) is 8.82. The molecule has 1 N–H and O–H groups in total. The Hall–Kier alpha value is -1.73. The van der Waals surface area contributed by atoms with E-state index in [0.717, 1.165) is 50.4 Å². The predicted octanol–water partition coefficient (Wildman–Crippen LogP) is 4.84. The van der Waals surface area contributed by atoms with Crippen LogP contribution in [0.2, 0.25) is 10.0 Å². The first-order valence-corrected chi connectivity index (χ1v) is 11.1. The second-order valence-electron chi connectivity index (χ2n) is 8.28. The Morgan fingerprint density at radius 3 is 2.26 bits per heavy atom. The van der Waals surface area contributed by atoms with Crippen LogP contribution in [-0.4, -0.2) is 54.5 Å². The minimum atomic E-state index is -1.02. The number of hydrogen-bond donors (Lipinski definition) is 1. The molecule has 168 valence electrons. The van der Waals surface area contributed by atoms with Crippen molar-refractivity contribution in [2.75, 3.05) is 32.7 Å². The van der Waals surface area contributed by atoms with Crippen LogP contribution in [0, 0.1) is 17.6 Å². The van der Waals surface area contributed by atoms with Gasteiger partial charge in [-0.1, -0.05) is 43.1 Å². The summed E-state index contributed by atoms with van der Waals surface area (Å²) in [4.78, 5) is 17.2. The van der Waals surface area contributed by atoms with Crippen molar-refractivity contribution in [1.82, 2.24) is 15.1 Å². The topological polar surface area (TPSA) is 35.6 Å². The van der Waals surface area contributed by atoms with Crippen LogP contribution >= 0.6 is 23.2 Å². The number of rotatable bonds is 7. The molecule has 3 rings (SSSR count). The zero-order valence-electron chi connectivity index (χ0n) is 17.7. The molecule has 1 heterocycles. The molecule has 1 amide bonds. The average Bonchev–Trinajstić information content (AvgIpc) is 2.73. The van der Waals surface area contributed by atoms with Crippen molar-refractivity contribution in [1.29, 1.82) is 0 Å². The molecule has 4 nitrogen and oxygen atoms in total. The van der Waals surface area contributed by atoms with Crippen LogP contribution < -0.4 is 5.32 Å². The summed E-state index contributed by atoms with van der Waals surface area (Å²) in [6.07, 6.45) is 0. The number of nitrogens with one attached hydrogen (secondary N) is 1. The summed E-state index contributed by atoms with van der Waals surface area (Å²) < 4.78 is 26.6. The van der Waals surface area contributed by atoms with Crippen LogP contribution in [-0.2, 0) is 6.54 Å². The predicted molar refractivity (Wildman–Crippen MR) is 121 cm³/mol. The first-order chi connectivity index (χ1) is 14.7. The largest absolute Gasteiger partial charge is 0.348 e. The third-order valence-corrected chi connectivity index (χ3v) is 6.35. The molecule has 1 aliphatic heterocycles. The van der Waals surface area contributed by atoms with Crippen molar-refractivity contribution in [3.8, 4) is 0 Å². The van der Waals surface area contributed by atoms with E-state index in [-0.39, 0.29) is 17.5 Å². The third-order valence-electron chi connectivity index (χ3n) is 5.61. The Bertz CT molecular complexity index is 918. The Morgan fingerprint density at radius 2 is 1.65 bits per heavy atom. The Kier molecular flexibility index (Phi) is 8.28. The first-order valence-electron chi connectivity index (χ1n) is 10.4. The van der Waals surface area contributed by atoms with E-state index in [0.29, 0.717) is 16.6 Å². The summed E-state index contributed by atoms with van der Waals surface area (Å²) in [5.41, 5.74) is 1.25. The van der Waals surface area contributed by atoms with Crippen LogP contribution in [0.25, 0.3) is 0 Å². The molecule has 1 aliphatic rings. The van der Waals surface area contributed by atoms with Crippen LogP contribution in [0.3, 0.4) is 0 Å². The molecule has 1 fully saturated rings. The Morgan fingerprint density at radius 1 is 0.968 bits per heavy atom. The molecule has 8 heteroatoms. The molecule has 2 aromatic carbocycles. The van der Waals surface area contributed by atoms with Crippen molar-refractivity contribution >= 4 is 29.1 Å². The normalized spacial score (nSPS) is 16.5. The highest BCUT2D eigenvalue weighted by molar-refractivity contribution is 6.42. The second-order valence-corrected chi connectivity index (χ2v) is 9.09. The molecule has 31 heavy (non-hydrogen) atoms. The minimum Gasteiger partial charge on any atom is -0.348 e. The van der Waals surface area contributed by atoms with E-state index >= 15 is 0 Å². The van der Waals surface area contributed by atoms with Gasteiger partial charge in [0.05, 0.1) is 10.0 Å². The molecule has 0 spiro atoms. The highest BCUT2D eigenvalue weighted by Crippen LogP contribution is 2.23.